The number of aromatic nitrogens is 2. The lowest BCUT2D eigenvalue weighted by atomic mass is 9.95. The fraction of sp³-hybridized carbons (Fsp3) is 0.733. The van der Waals surface area contributed by atoms with Crippen molar-refractivity contribution < 1.29 is 0 Å². The topological polar surface area (TPSA) is 41.0 Å². The van der Waals surface area contributed by atoms with E-state index in [0.29, 0.717) is 0 Å². The zero-order valence-electron chi connectivity index (χ0n) is 13.0. The van der Waals surface area contributed by atoms with Crippen molar-refractivity contribution in [2.24, 2.45) is 11.8 Å². The molecule has 0 radical (unpaired) electrons. The Balaban J connectivity index is 2.14. The van der Waals surface area contributed by atoms with Gasteiger partial charge in [-0.15, -0.1) is 0 Å². The van der Waals surface area contributed by atoms with Crippen LogP contribution < -0.4 is 10.2 Å². The molecule has 2 heterocycles. The van der Waals surface area contributed by atoms with E-state index < -0.39 is 0 Å². The van der Waals surface area contributed by atoms with Crippen LogP contribution in [-0.4, -0.2) is 35.9 Å². The Morgan fingerprint density at radius 2 is 2.25 bits per heavy atom. The summed E-state index contributed by atoms with van der Waals surface area (Å²) in [5.74, 6) is 3.56. The molecule has 2 rings (SSSR count). The maximum absolute atomic E-state index is 4.67. The summed E-state index contributed by atoms with van der Waals surface area (Å²) < 4.78 is 0. The Morgan fingerprint density at radius 1 is 1.45 bits per heavy atom. The molecule has 1 unspecified atom stereocenters. The second-order valence-electron chi connectivity index (χ2n) is 5.76. The first-order valence-corrected chi connectivity index (χ1v) is 8.78. The largest absolute Gasteiger partial charge is 0.370 e. The van der Waals surface area contributed by atoms with E-state index >= 15 is 0 Å². The molecular formula is C15H26N4S. The van der Waals surface area contributed by atoms with Gasteiger partial charge in [0.1, 0.15) is 11.6 Å². The minimum atomic E-state index is 0.750. The van der Waals surface area contributed by atoms with Crippen LogP contribution in [0.4, 0.5) is 11.6 Å². The second-order valence-corrected chi connectivity index (χ2v) is 6.54. The molecule has 1 N–H and O–H groups in total. The van der Waals surface area contributed by atoms with Gasteiger partial charge in [0.15, 0.2) is 5.16 Å². The van der Waals surface area contributed by atoms with E-state index in [9.17, 15) is 0 Å². The fourth-order valence-corrected chi connectivity index (χ4v) is 2.92. The lowest BCUT2D eigenvalue weighted by molar-refractivity contribution is 0.422. The van der Waals surface area contributed by atoms with Crippen LogP contribution in [0.1, 0.15) is 33.6 Å². The molecule has 0 saturated carbocycles. The summed E-state index contributed by atoms with van der Waals surface area (Å²) in [4.78, 5) is 11.6. The van der Waals surface area contributed by atoms with Gasteiger partial charge < -0.3 is 10.2 Å². The maximum Gasteiger partial charge on any atom is 0.191 e. The molecule has 1 saturated heterocycles. The zero-order chi connectivity index (χ0) is 14.5. The predicted octanol–water partition coefficient (Wildman–Crippen LogP) is 3.50. The predicted molar refractivity (Wildman–Crippen MR) is 87.8 cm³/mol. The molecule has 1 aliphatic rings. The number of rotatable bonds is 6. The standard InChI is InChI=1S/C15H26N4S/c1-5-7-16-13-9-14(18-15(17-13)20-4)19-8-6-12(10-19)11(2)3/h9,11-12H,5-8,10H2,1-4H3,(H,16,17,18). The van der Waals surface area contributed by atoms with E-state index in [1.54, 1.807) is 11.8 Å². The molecule has 0 amide bonds. The molecule has 1 atom stereocenters. The SMILES string of the molecule is CCCNc1cc(N2CCC(C(C)C)C2)nc(SC)n1. The highest BCUT2D eigenvalue weighted by molar-refractivity contribution is 7.98. The second kappa shape index (κ2) is 7.16. The van der Waals surface area contributed by atoms with E-state index in [-0.39, 0.29) is 0 Å². The molecule has 4 nitrogen and oxygen atoms in total. The van der Waals surface area contributed by atoms with Gasteiger partial charge >= 0.3 is 0 Å². The Labute approximate surface area is 126 Å². The average molecular weight is 294 g/mol. The van der Waals surface area contributed by atoms with Crippen molar-refractivity contribution in [1.82, 2.24) is 9.97 Å². The maximum atomic E-state index is 4.67. The van der Waals surface area contributed by atoms with Gasteiger partial charge in [-0.25, -0.2) is 9.97 Å². The van der Waals surface area contributed by atoms with Crippen molar-refractivity contribution in [3.63, 3.8) is 0 Å². The molecule has 0 spiro atoms. The van der Waals surface area contributed by atoms with Crippen LogP contribution in [0.3, 0.4) is 0 Å². The summed E-state index contributed by atoms with van der Waals surface area (Å²) in [5.41, 5.74) is 0. The highest BCUT2D eigenvalue weighted by atomic mass is 32.2. The molecule has 0 aliphatic carbocycles. The molecule has 1 aromatic rings. The van der Waals surface area contributed by atoms with Gasteiger partial charge in [0.2, 0.25) is 0 Å². The van der Waals surface area contributed by atoms with E-state index in [1.807, 2.05) is 6.26 Å². The quantitative estimate of drug-likeness (QED) is 0.642. The number of nitrogens with zero attached hydrogens (tertiary/aromatic N) is 3. The van der Waals surface area contributed by atoms with Gasteiger partial charge in [-0.05, 0) is 30.9 Å². The monoisotopic (exact) mass is 294 g/mol. The molecule has 1 aromatic heterocycles. The Hall–Kier alpha value is -0.970. The van der Waals surface area contributed by atoms with Crippen molar-refractivity contribution in [1.29, 1.82) is 0 Å². The summed E-state index contributed by atoms with van der Waals surface area (Å²) in [6.45, 7) is 9.99. The molecule has 1 fully saturated rings. The van der Waals surface area contributed by atoms with Crippen LogP contribution in [0.5, 0.6) is 0 Å². The van der Waals surface area contributed by atoms with Crippen molar-refractivity contribution >= 4 is 23.4 Å². The van der Waals surface area contributed by atoms with Crippen LogP contribution in [-0.2, 0) is 0 Å². The molecule has 0 bridgehead atoms. The summed E-state index contributed by atoms with van der Waals surface area (Å²) in [6, 6.07) is 2.10. The zero-order valence-corrected chi connectivity index (χ0v) is 13.8. The minimum Gasteiger partial charge on any atom is -0.370 e. The normalized spacial score (nSPS) is 18.9. The summed E-state index contributed by atoms with van der Waals surface area (Å²) in [5, 5.41) is 4.23. The average Bonchev–Trinajstić information content (AvgIpc) is 2.94. The van der Waals surface area contributed by atoms with E-state index in [4.69, 9.17) is 0 Å². The first kappa shape index (κ1) is 15.4. The molecule has 5 heteroatoms. The van der Waals surface area contributed by atoms with E-state index in [1.165, 1.54) is 6.42 Å². The number of anilines is 2. The van der Waals surface area contributed by atoms with Gasteiger partial charge in [0.05, 0.1) is 0 Å². The Morgan fingerprint density at radius 3 is 2.85 bits per heavy atom. The van der Waals surface area contributed by atoms with Crippen LogP contribution >= 0.6 is 11.8 Å². The van der Waals surface area contributed by atoms with E-state index in [2.05, 4.69) is 47.0 Å². The Kier molecular flexibility index (Phi) is 5.52. The van der Waals surface area contributed by atoms with Crippen molar-refractivity contribution in [3.05, 3.63) is 6.07 Å². The Bertz CT molecular complexity index is 436. The van der Waals surface area contributed by atoms with Crippen molar-refractivity contribution in [2.45, 2.75) is 38.8 Å². The molecule has 20 heavy (non-hydrogen) atoms. The smallest absolute Gasteiger partial charge is 0.191 e. The van der Waals surface area contributed by atoms with E-state index in [0.717, 1.165) is 54.7 Å². The lowest BCUT2D eigenvalue weighted by Crippen LogP contribution is -2.22. The summed E-state index contributed by atoms with van der Waals surface area (Å²) >= 11 is 1.61. The molecule has 0 aromatic carbocycles. The van der Waals surface area contributed by atoms with Gasteiger partial charge in [-0.2, -0.15) is 0 Å². The summed E-state index contributed by atoms with van der Waals surface area (Å²) in [6.07, 6.45) is 4.41. The van der Waals surface area contributed by atoms with Crippen LogP contribution in [0, 0.1) is 11.8 Å². The third-order valence-corrected chi connectivity index (χ3v) is 4.47. The third-order valence-electron chi connectivity index (χ3n) is 3.92. The fourth-order valence-electron chi connectivity index (χ4n) is 2.55. The third kappa shape index (κ3) is 3.78. The van der Waals surface area contributed by atoms with Crippen molar-refractivity contribution in [3.8, 4) is 0 Å². The van der Waals surface area contributed by atoms with Gasteiger partial charge in [0.25, 0.3) is 0 Å². The molecular weight excluding hydrogens is 268 g/mol. The van der Waals surface area contributed by atoms with Gasteiger partial charge in [-0.3, -0.25) is 0 Å². The van der Waals surface area contributed by atoms with Crippen molar-refractivity contribution in [2.75, 3.05) is 36.1 Å². The molecule has 1 aliphatic heterocycles. The van der Waals surface area contributed by atoms with Crippen LogP contribution in [0.15, 0.2) is 11.2 Å². The highest BCUT2D eigenvalue weighted by Crippen LogP contribution is 2.29. The van der Waals surface area contributed by atoms with Crippen LogP contribution in [0.25, 0.3) is 0 Å². The minimum absolute atomic E-state index is 0.750. The number of thioether (sulfide) groups is 1. The lowest BCUT2D eigenvalue weighted by Gasteiger charge is -2.20. The first-order valence-electron chi connectivity index (χ1n) is 7.56. The summed E-state index contributed by atoms with van der Waals surface area (Å²) in [7, 11) is 0. The number of hydrogen-bond donors (Lipinski definition) is 1. The number of hydrogen-bond acceptors (Lipinski definition) is 5. The molecule has 112 valence electrons. The first-order chi connectivity index (χ1) is 9.63. The van der Waals surface area contributed by atoms with Gasteiger partial charge in [-0.1, -0.05) is 32.5 Å². The van der Waals surface area contributed by atoms with Gasteiger partial charge in [0, 0.05) is 25.7 Å². The van der Waals surface area contributed by atoms with Crippen LogP contribution in [0.2, 0.25) is 0 Å². The highest BCUT2D eigenvalue weighted by Gasteiger charge is 2.26. The number of nitrogens with one attached hydrogen (secondary N) is 1.